The average molecular weight is 256 g/mol. The Morgan fingerprint density at radius 2 is 2.17 bits per heavy atom. The average Bonchev–Trinajstić information content (AvgIpc) is 2.32. The molecule has 18 heavy (non-hydrogen) atoms. The van der Waals surface area contributed by atoms with Gasteiger partial charge < -0.3 is 15.0 Å². The topological polar surface area (TPSA) is 41.6 Å². The van der Waals surface area contributed by atoms with Gasteiger partial charge in [0, 0.05) is 12.6 Å². The van der Waals surface area contributed by atoms with Crippen LogP contribution < -0.4 is 5.32 Å². The second kappa shape index (κ2) is 6.41. The van der Waals surface area contributed by atoms with Crippen molar-refractivity contribution in [2.45, 2.75) is 46.6 Å². The number of rotatable bonds is 4. The second-order valence-corrected chi connectivity index (χ2v) is 5.75. The Hall–Kier alpha value is -0.770. The third kappa shape index (κ3) is 3.37. The SMILES string of the molecule is CCOC(=O)NCCC1(C)C(C)CCN(C)C1C. The number of hydrogen-bond acceptors (Lipinski definition) is 3. The first kappa shape index (κ1) is 15.3. The van der Waals surface area contributed by atoms with Crippen molar-refractivity contribution in [3.63, 3.8) is 0 Å². The Morgan fingerprint density at radius 1 is 1.50 bits per heavy atom. The van der Waals surface area contributed by atoms with Crippen molar-refractivity contribution in [3.05, 3.63) is 0 Å². The van der Waals surface area contributed by atoms with Crippen molar-refractivity contribution in [1.82, 2.24) is 10.2 Å². The van der Waals surface area contributed by atoms with E-state index in [4.69, 9.17) is 4.74 Å². The van der Waals surface area contributed by atoms with Crippen LogP contribution in [0.3, 0.4) is 0 Å². The number of piperidine rings is 1. The Morgan fingerprint density at radius 3 is 2.78 bits per heavy atom. The molecule has 1 aliphatic rings. The lowest BCUT2D eigenvalue weighted by Gasteiger charge is -2.50. The number of hydrogen-bond donors (Lipinski definition) is 1. The quantitative estimate of drug-likeness (QED) is 0.840. The van der Waals surface area contributed by atoms with E-state index in [2.05, 4.69) is 38.0 Å². The van der Waals surface area contributed by atoms with Gasteiger partial charge in [-0.05, 0) is 51.6 Å². The summed E-state index contributed by atoms with van der Waals surface area (Å²) in [6.45, 7) is 11.1. The summed E-state index contributed by atoms with van der Waals surface area (Å²) in [4.78, 5) is 13.7. The van der Waals surface area contributed by atoms with Gasteiger partial charge in [0.25, 0.3) is 0 Å². The first-order valence-electron chi connectivity index (χ1n) is 7.02. The van der Waals surface area contributed by atoms with Gasteiger partial charge in [-0.3, -0.25) is 0 Å². The first-order chi connectivity index (χ1) is 8.41. The Bertz CT molecular complexity index is 283. The zero-order valence-electron chi connectivity index (χ0n) is 12.5. The monoisotopic (exact) mass is 256 g/mol. The number of likely N-dealkylation sites (tertiary alicyclic amines) is 1. The zero-order chi connectivity index (χ0) is 13.8. The smallest absolute Gasteiger partial charge is 0.407 e. The number of nitrogens with zero attached hydrogens (tertiary/aromatic N) is 1. The number of amides is 1. The Balaban J connectivity index is 2.49. The van der Waals surface area contributed by atoms with Crippen LogP contribution in [-0.4, -0.2) is 43.8 Å². The fourth-order valence-corrected chi connectivity index (χ4v) is 2.91. The van der Waals surface area contributed by atoms with Gasteiger partial charge in [-0.2, -0.15) is 0 Å². The van der Waals surface area contributed by atoms with E-state index in [9.17, 15) is 4.79 Å². The van der Waals surface area contributed by atoms with Gasteiger partial charge in [-0.25, -0.2) is 4.79 Å². The first-order valence-corrected chi connectivity index (χ1v) is 7.02. The second-order valence-electron chi connectivity index (χ2n) is 5.75. The summed E-state index contributed by atoms with van der Waals surface area (Å²) in [6, 6.07) is 0.547. The molecular weight excluding hydrogens is 228 g/mol. The number of ether oxygens (including phenoxy) is 1. The minimum Gasteiger partial charge on any atom is -0.450 e. The van der Waals surface area contributed by atoms with Gasteiger partial charge in [0.2, 0.25) is 0 Å². The summed E-state index contributed by atoms with van der Waals surface area (Å²) in [6.07, 6.45) is 1.93. The van der Waals surface area contributed by atoms with Crippen LogP contribution in [0.2, 0.25) is 0 Å². The molecule has 0 saturated carbocycles. The maximum absolute atomic E-state index is 11.3. The van der Waals surface area contributed by atoms with E-state index in [1.54, 1.807) is 0 Å². The van der Waals surface area contributed by atoms with E-state index >= 15 is 0 Å². The molecule has 1 heterocycles. The summed E-state index contributed by atoms with van der Waals surface area (Å²) >= 11 is 0. The summed E-state index contributed by atoms with van der Waals surface area (Å²) in [5.74, 6) is 0.688. The van der Waals surface area contributed by atoms with E-state index in [-0.39, 0.29) is 11.5 Å². The van der Waals surface area contributed by atoms with Crippen LogP contribution in [0.1, 0.15) is 40.5 Å². The van der Waals surface area contributed by atoms with Crippen molar-refractivity contribution in [2.75, 3.05) is 26.7 Å². The molecule has 3 atom stereocenters. The lowest BCUT2D eigenvalue weighted by Crippen LogP contribution is -2.52. The maximum Gasteiger partial charge on any atom is 0.407 e. The molecule has 0 aliphatic carbocycles. The van der Waals surface area contributed by atoms with Gasteiger partial charge in [0.05, 0.1) is 6.61 Å². The largest absolute Gasteiger partial charge is 0.450 e. The van der Waals surface area contributed by atoms with Gasteiger partial charge >= 0.3 is 6.09 Å². The highest BCUT2D eigenvalue weighted by molar-refractivity contribution is 5.66. The van der Waals surface area contributed by atoms with Crippen LogP contribution in [0, 0.1) is 11.3 Å². The highest BCUT2D eigenvalue weighted by Crippen LogP contribution is 2.42. The summed E-state index contributed by atoms with van der Waals surface area (Å²) in [5, 5.41) is 2.83. The molecule has 1 amide bonds. The number of carbonyl (C=O) groups excluding carboxylic acids is 1. The van der Waals surface area contributed by atoms with Gasteiger partial charge in [-0.15, -0.1) is 0 Å². The molecule has 1 N–H and O–H groups in total. The number of carbonyl (C=O) groups is 1. The molecule has 4 heteroatoms. The predicted octanol–water partition coefficient (Wildman–Crippen LogP) is 2.49. The number of nitrogens with one attached hydrogen (secondary N) is 1. The molecule has 0 bridgehead atoms. The molecule has 1 fully saturated rings. The molecule has 3 unspecified atom stereocenters. The van der Waals surface area contributed by atoms with E-state index in [0.717, 1.165) is 6.42 Å². The molecule has 4 nitrogen and oxygen atoms in total. The summed E-state index contributed by atoms with van der Waals surface area (Å²) < 4.78 is 4.88. The van der Waals surface area contributed by atoms with E-state index in [1.807, 2.05) is 6.92 Å². The lowest BCUT2D eigenvalue weighted by molar-refractivity contribution is 0.000986. The Kier molecular flexibility index (Phi) is 5.45. The van der Waals surface area contributed by atoms with Crippen LogP contribution >= 0.6 is 0 Å². The molecule has 1 rings (SSSR count). The normalized spacial score (nSPS) is 33.2. The summed E-state index contributed by atoms with van der Waals surface area (Å²) in [5.41, 5.74) is 0.256. The van der Waals surface area contributed by atoms with E-state index < -0.39 is 0 Å². The predicted molar refractivity (Wildman–Crippen MR) is 73.6 cm³/mol. The van der Waals surface area contributed by atoms with E-state index in [0.29, 0.717) is 25.1 Å². The van der Waals surface area contributed by atoms with Crippen LogP contribution in [-0.2, 0) is 4.74 Å². The van der Waals surface area contributed by atoms with Crippen molar-refractivity contribution in [1.29, 1.82) is 0 Å². The third-order valence-corrected chi connectivity index (χ3v) is 4.86. The lowest BCUT2D eigenvalue weighted by atomic mass is 9.66. The molecule has 106 valence electrons. The Labute approximate surface area is 111 Å². The fourth-order valence-electron chi connectivity index (χ4n) is 2.91. The molecule has 0 aromatic rings. The minimum atomic E-state index is -0.300. The minimum absolute atomic E-state index is 0.256. The van der Waals surface area contributed by atoms with Gasteiger partial charge in [0.1, 0.15) is 0 Å². The third-order valence-electron chi connectivity index (χ3n) is 4.86. The molecular formula is C14H28N2O2. The molecule has 0 aromatic carbocycles. The highest BCUT2D eigenvalue weighted by atomic mass is 16.5. The highest BCUT2D eigenvalue weighted by Gasteiger charge is 2.41. The standard InChI is InChI=1S/C14H28N2O2/c1-6-18-13(17)15-9-8-14(4)11(2)7-10-16(5)12(14)3/h11-12H,6-10H2,1-5H3,(H,15,17). The number of alkyl carbamates (subject to hydrolysis) is 1. The van der Waals surface area contributed by atoms with Crippen LogP contribution in [0.5, 0.6) is 0 Å². The molecule has 1 saturated heterocycles. The fraction of sp³-hybridized carbons (Fsp3) is 0.929. The zero-order valence-corrected chi connectivity index (χ0v) is 12.5. The maximum atomic E-state index is 11.3. The van der Waals surface area contributed by atoms with Crippen molar-refractivity contribution in [3.8, 4) is 0 Å². The molecule has 0 spiro atoms. The van der Waals surface area contributed by atoms with Gasteiger partial charge in [0.15, 0.2) is 0 Å². The van der Waals surface area contributed by atoms with Gasteiger partial charge in [-0.1, -0.05) is 13.8 Å². The van der Waals surface area contributed by atoms with Crippen LogP contribution in [0.25, 0.3) is 0 Å². The van der Waals surface area contributed by atoms with Crippen molar-refractivity contribution >= 4 is 6.09 Å². The van der Waals surface area contributed by atoms with Crippen molar-refractivity contribution in [2.24, 2.45) is 11.3 Å². The van der Waals surface area contributed by atoms with E-state index in [1.165, 1.54) is 13.0 Å². The van der Waals surface area contributed by atoms with Crippen LogP contribution in [0.4, 0.5) is 4.79 Å². The summed E-state index contributed by atoms with van der Waals surface area (Å²) in [7, 11) is 2.19. The molecule has 1 aliphatic heterocycles. The van der Waals surface area contributed by atoms with Crippen molar-refractivity contribution < 1.29 is 9.53 Å². The van der Waals surface area contributed by atoms with Crippen LogP contribution in [0.15, 0.2) is 0 Å². The molecule has 0 radical (unpaired) electrons. The molecule has 0 aromatic heterocycles.